The lowest BCUT2D eigenvalue weighted by atomic mass is 10.1. The van der Waals surface area contributed by atoms with Gasteiger partial charge in [-0.2, -0.15) is 13.2 Å². The zero-order valence-corrected chi connectivity index (χ0v) is 11.4. The number of rotatable bonds is 5. The van der Waals surface area contributed by atoms with Crippen LogP contribution in [0.3, 0.4) is 0 Å². The molecule has 0 aromatic heterocycles. The van der Waals surface area contributed by atoms with Crippen molar-refractivity contribution in [3.63, 3.8) is 0 Å². The Morgan fingerprint density at radius 2 is 2.00 bits per heavy atom. The largest absolute Gasteiger partial charge is 0.389 e. The number of hydrogen-bond donors (Lipinski definition) is 1. The summed E-state index contributed by atoms with van der Waals surface area (Å²) in [6.07, 6.45) is -4.39. The van der Waals surface area contributed by atoms with Gasteiger partial charge in [0, 0.05) is 22.6 Å². The minimum absolute atomic E-state index is 0.0798. The third-order valence-electron chi connectivity index (χ3n) is 2.43. The standard InChI is InChI=1S/C12H14BrF4N/c1-8(3-2-6-12(15,16)17)18-11-5-4-9(14)7-10(11)13/h4-5,7-8,18H,2-3,6H2,1H3. The van der Waals surface area contributed by atoms with Gasteiger partial charge < -0.3 is 5.32 Å². The maximum Gasteiger partial charge on any atom is 0.389 e. The summed E-state index contributed by atoms with van der Waals surface area (Å²) in [5.41, 5.74) is 0.677. The summed E-state index contributed by atoms with van der Waals surface area (Å²) in [6, 6.07) is 4.06. The Kier molecular flexibility index (Phi) is 5.44. The first kappa shape index (κ1) is 15.3. The summed E-state index contributed by atoms with van der Waals surface area (Å²) in [5, 5.41) is 3.04. The van der Waals surface area contributed by atoms with Gasteiger partial charge in [-0.1, -0.05) is 0 Å². The zero-order chi connectivity index (χ0) is 13.8. The third kappa shape index (κ3) is 5.71. The highest BCUT2D eigenvalue weighted by Crippen LogP contribution is 2.26. The van der Waals surface area contributed by atoms with Crippen molar-refractivity contribution in [3.8, 4) is 0 Å². The van der Waals surface area contributed by atoms with Crippen molar-refractivity contribution in [2.75, 3.05) is 5.32 Å². The third-order valence-corrected chi connectivity index (χ3v) is 3.09. The molecule has 0 saturated heterocycles. The number of alkyl halides is 3. The van der Waals surface area contributed by atoms with Crippen molar-refractivity contribution in [2.45, 2.75) is 38.4 Å². The predicted octanol–water partition coefficient (Wildman–Crippen LogP) is 5.12. The molecule has 18 heavy (non-hydrogen) atoms. The molecule has 0 spiro atoms. The van der Waals surface area contributed by atoms with E-state index in [1.807, 2.05) is 0 Å². The lowest BCUT2D eigenvalue weighted by Crippen LogP contribution is -2.17. The Morgan fingerprint density at radius 1 is 1.33 bits per heavy atom. The molecule has 102 valence electrons. The molecule has 6 heteroatoms. The molecular formula is C12H14BrF4N. The molecule has 0 aliphatic rings. The first-order valence-corrected chi connectivity index (χ1v) is 6.35. The van der Waals surface area contributed by atoms with Gasteiger partial charge in [0.25, 0.3) is 0 Å². The second kappa shape index (κ2) is 6.41. The fraction of sp³-hybridized carbons (Fsp3) is 0.500. The average Bonchev–Trinajstić information content (AvgIpc) is 2.20. The van der Waals surface area contributed by atoms with Gasteiger partial charge in [0.05, 0.1) is 0 Å². The number of halogens is 5. The average molecular weight is 328 g/mol. The van der Waals surface area contributed by atoms with Crippen LogP contribution < -0.4 is 5.32 Å². The second-order valence-corrected chi connectivity index (χ2v) is 5.03. The molecule has 1 unspecified atom stereocenters. The Labute approximate surface area is 112 Å². The Morgan fingerprint density at radius 3 is 2.56 bits per heavy atom. The van der Waals surface area contributed by atoms with E-state index in [0.717, 1.165) is 0 Å². The zero-order valence-electron chi connectivity index (χ0n) is 9.82. The molecule has 0 amide bonds. The topological polar surface area (TPSA) is 12.0 Å². The highest BCUT2D eigenvalue weighted by Gasteiger charge is 2.26. The summed E-state index contributed by atoms with van der Waals surface area (Å²) in [7, 11) is 0. The molecule has 1 nitrogen and oxygen atoms in total. The molecule has 0 aliphatic carbocycles. The van der Waals surface area contributed by atoms with Crippen LogP contribution in [0, 0.1) is 5.82 Å². The van der Waals surface area contributed by atoms with E-state index in [4.69, 9.17) is 0 Å². The van der Waals surface area contributed by atoms with Crippen LogP contribution in [-0.4, -0.2) is 12.2 Å². The Balaban J connectivity index is 2.42. The smallest absolute Gasteiger partial charge is 0.382 e. The molecule has 0 fully saturated rings. The second-order valence-electron chi connectivity index (χ2n) is 4.18. The van der Waals surface area contributed by atoms with Crippen molar-refractivity contribution < 1.29 is 17.6 Å². The predicted molar refractivity (Wildman–Crippen MR) is 67.1 cm³/mol. The number of hydrogen-bond acceptors (Lipinski definition) is 1. The fourth-order valence-corrected chi connectivity index (χ4v) is 2.02. The number of benzene rings is 1. The fourth-order valence-electron chi connectivity index (χ4n) is 1.55. The van der Waals surface area contributed by atoms with Crippen molar-refractivity contribution >= 4 is 21.6 Å². The van der Waals surface area contributed by atoms with Gasteiger partial charge in [-0.05, 0) is 53.9 Å². The molecule has 0 heterocycles. The van der Waals surface area contributed by atoms with Crippen LogP contribution in [0.15, 0.2) is 22.7 Å². The summed E-state index contributed by atoms with van der Waals surface area (Å²) < 4.78 is 49.3. The van der Waals surface area contributed by atoms with Crippen LogP contribution in [0.1, 0.15) is 26.2 Å². The Bertz CT molecular complexity index is 392. The monoisotopic (exact) mass is 327 g/mol. The highest BCUT2D eigenvalue weighted by molar-refractivity contribution is 9.10. The minimum Gasteiger partial charge on any atom is -0.382 e. The van der Waals surface area contributed by atoms with Gasteiger partial charge >= 0.3 is 6.18 Å². The molecular weight excluding hydrogens is 314 g/mol. The molecule has 1 aromatic rings. The van der Waals surface area contributed by atoms with E-state index in [1.165, 1.54) is 12.1 Å². The molecule has 0 aliphatic heterocycles. The van der Waals surface area contributed by atoms with Crippen LogP contribution in [-0.2, 0) is 0 Å². The lowest BCUT2D eigenvalue weighted by Gasteiger charge is -2.16. The summed E-state index contributed by atoms with van der Waals surface area (Å²) >= 11 is 3.19. The first-order valence-electron chi connectivity index (χ1n) is 5.56. The molecule has 0 radical (unpaired) electrons. The van der Waals surface area contributed by atoms with Crippen LogP contribution in [0.25, 0.3) is 0 Å². The van der Waals surface area contributed by atoms with Crippen molar-refractivity contribution in [3.05, 3.63) is 28.5 Å². The molecule has 0 bridgehead atoms. The minimum atomic E-state index is -4.10. The normalized spacial score (nSPS) is 13.4. The lowest BCUT2D eigenvalue weighted by molar-refractivity contribution is -0.135. The van der Waals surface area contributed by atoms with Gasteiger partial charge in [-0.3, -0.25) is 0 Å². The number of anilines is 1. The van der Waals surface area contributed by atoms with Crippen LogP contribution >= 0.6 is 15.9 Å². The first-order chi connectivity index (χ1) is 8.28. The van der Waals surface area contributed by atoms with Gasteiger partial charge in [0.15, 0.2) is 0 Å². The van der Waals surface area contributed by atoms with Crippen molar-refractivity contribution in [1.29, 1.82) is 0 Å². The van der Waals surface area contributed by atoms with Crippen LogP contribution in [0.5, 0.6) is 0 Å². The van der Waals surface area contributed by atoms with E-state index in [0.29, 0.717) is 16.6 Å². The highest BCUT2D eigenvalue weighted by atomic mass is 79.9. The van der Waals surface area contributed by atoms with E-state index in [2.05, 4.69) is 21.2 Å². The van der Waals surface area contributed by atoms with E-state index >= 15 is 0 Å². The molecule has 0 saturated carbocycles. The van der Waals surface area contributed by atoms with Gasteiger partial charge in [0.2, 0.25) is 0 Å². The van der Waals surface area contributed by atoms with E-state index in [1.54, 1.807) is 13.0 Å². The maximum absolute atomic E-state index is 12.8. The quantitative estimate of drug-likeness (QED) is 0.740. The SMILES string of the molecule is CC(CCCC(F)(F)F)Nc1ccc(F)cc1Br. The molecule has 1 N–H and O–H groups in total. The van der Waals surface area contributed by atoms with E-state index in [-0.39, 0.29) is 18.3 Å². The molecule has 1 rings (SSSR count). The summed E-state index contributed by atoms with van der Waals surface area (Å²) in [5.74, 6) is -0.364. The molecule has 1 atom stereocenters. The molecule has 1 aromatic carbocycles. The van der Waals surface area contributed by atoms with Gasteiger partial charge in [0.1, 0.15) is 5.82 Å². The van der Waals surface area contributed by atoms with E-state index in [9.17, 15) is 17.6 Å². The maximum atomic E-state index is 12.8. The van der Waals surface area contributed by atoms with Crippen molar-refractivity contribution in [1.82, 2.24) is 0 Å². The van der Waals surface area contributed by atoms with Crippen LogP contribution in [0.4, 0.5) is 23.2 Å². The van der Waals surface area contributed by atoms with Crippen molar-refractivity contribution in [2.24, 2.45) is 0 Å². The Hall–Kier alpha value is -0.780. The van der Waals surface area contributed by atoms with Gasteiger partial charge in [-0.25, -0.2) is 4.39 Å². The van der Waals surface area contributed by atoms with Crippen LogP contribution in [0.2, 0.25) is 0 Å². The number of nitrogens with one attached hydrogen (secondary N) is 1. The summed E-state index contributed by atoms with van der Waals surface area (Å²) in [4.78, 5) is 0. The van der Waals surface area contributed by atoms with E-state index < -0.39 is 12.6 Å². The summed E-state index contributed by atoms with van der Waals surface area (Å²) in [6.45, 7) is 1.80. The van der Waals surface area contributed by atoms with Gasteiger partial charge in [-0.15, -0.1) is 0 Å².